The van der Waals surface area contributed by atoms with Gasteiger partial charge in [0.25, 0.3) is 0 Å². The molecule has 1 amide bonds. The molecule has 0 radical (unpaired) electrons. The fourth-order valence-corrected chi connectivity index (χ4v) is 3.36. The molecule has 1 aliphatic rings. The summed E-state index contributed by atoms with van der Waals surface area (Å²) >= 11 is 0. The molecule has 0 saturated carbocycles. The number of hydrogen-bond acceptors (Lipinski definition) is 5. The summed E-state index contributed by atoms with van der Waals surface area (Å²) in [5.41, 5.74) is 1.73. The van der Waals surface area contributed by atoms with Crippen LogP contribution in [0.25, 0.3) is 6.08 Å². The maximum Gasteiger partial charge on any atom is 0.387 e. The van der Waals surface area contributed by atoms with Gasteiger partial charge in [-0.3, -0.25) is 4.79 Å². The number of ether oxygens (including phenoxy) is 3. The van der Waals surface area contributed by atoms with E-state index < -0.39 is 6.61 Å². The molecule has 3 rings (SSSR count). The molecule has 0 N–H and O–H groups in total. The molecule has 2 aromatic rings. The van der Waals surface area contributed by atoms with Crippen molar-refractivity contribution < 1.29 is 27.8 Å². The highest BCUT2D eigenvalue weighted by Crippen LogP contribution is 2.30. The smallest absolute Gasteiger partial charge is 0.387 e. The van der Waals surface area contributed by atoms with E-state index in [1.54, 1.807) is 37.1 Å². The van der Waals surface area contributed by atoms with Crippen molar-refractivity contribution in [3.63, 3.8) is 0 Å². The number of anilines is 1. The zero-order valence-corrected chi connectivity index (χ0v) is 17.6. The van der Waals surface area contributed by atoms with Crippen LogP contribution < -0.4 is 19.1 Å². The molecule has 0 aromatic heterocycles. The van der Waals surface area contributed by atoms with E-state index in [1.165, 1.54) is 12.1 Å². The highest BCUT2D eigenvalue weighted by Gasteiger charge is 2.20. The molecule has 1 saturated heterocycles. The van der Waals surface area contributed by atoms with E-state index in [-0.39, 0.29) is 17.4 Å². The van der Waals surface area contributed by atoms with E-state index in [9.17, 15) is 13.6 Å². The number of rotatable bonds is 8. The van der Waals surface area contributed by atoms with E-state index >= 15 is 0 Å². The summed E-state index contributed by atoms with van der Waals surface area (Å²) in [6.45, 7) is 1.78. The number of nitrogens with zero attached hydrogens (tertiary/aromatic N) is 2. The number of hydrogen-bond donors (Lipinski definition) is 0. The van der Waals surface area contributed by atoms with Crippen LogP contribution in [0.5, 0.6) is 17.2 Å². The summed E-state index contributed by atoms with van der Waals surface area (Å²) in [4.78, 5) is 16.6. The van der Waals surface area contributed by atoms with Crippen LogP contribution in [0.15, 0.2) is 48.5 Å². The SMILES string of the molecule is CCOc1cc(/C=C/C(=O)N2CCN(c3cccc(OC)c3)CC2)ccc1OC(F)F. The predicted octanol–water partition coefficient (Wildman–Crippen LogP) is 4.06. The normalized spacial score (nSPS) is 14.2. The molecule has 8 heteroatoms. The number of carbonyl (C=O) groups excluding carboxylic acids is 1. The first-order chi connectivity index (χ1) is 15.0. The van der Waals surface area contributed by atoms with Crippen LogP contribution in [-0.4, -0.2) is 57.3 Å². The Morgan fingerprint density at radius 2 is 1.87 bits per heavy atom. The maximum atomic E-state index is 12.6. The molecule has 0 atom stereocenters. The van der Waals surface area contributed by atoms with Gasteiger partial charge < -0.3 is 24.0 Å². The molecule has 0 bridgehead atoms. The van der Waals surface area contributed by atoms with Gasteiger partial charge in [0.1, 0.15) is 5.75 Å². The van der Waals surface area contributed by atoms with Crippen LogP contribution in [-0.2, 0) is 4.79 Å². The summed E-state index contributed by atoms with van der Waals surface area (Å²) < 4.78 is 40.2. The van der Waals surface area contributed by atoms with Crippen LogP contribution >= 0.6 is 0 Å². The highest BCUT2D eigenvalue weighted by molar-refractivity contribution is 5.92. The van der Waals surface area contributed by atoms with E-state index in [4.69, 9.17) is 9.47 Å². The van der Waals surface area contributed by atoms with Gasteiger partial charge in [-0.15, -0.1) is 0 Å². The monoisotopic (exact) mass is 432 g/mol. The number of carbonyl (C=O) groups is 1. The molecular weight excluding hydrogens is 406 g/mol. The zero-order valence-electron chi connectivity index (χ0n) is 17.6. The lowest BCUT2D eigenvalue weighted by atomic mass is 10.1. The standard InChI is InChI=1S/C23H26F2N2O4/c1-3-30-21-15-17(7-9-20(21)31-23(24)25)8-10-22(28)27-13-11-26(12-14-27)18-5-4-6-19(16-18)29-2/h4-10,15-16,23H,3,11-14H2,1-2H3/b10-8+. The second-order valence-corrected chi connectivity index (χ2v) is 6.86. The number of alkyl halides is 2. The van der Waals surface area contributed by atoms with E-state index in [1.807, 2.05) is 24.3 Å². The Bertz CT molecular complexity index is 912. The van der Waals surface area contributed by atoms with Crippen LogP contribution in [0.2, 0.25) is 0 Å². The summed E-state index contributed by atoms with van der Waals surface area (Å²) in [6.07, 6.45) is 3.13. The Labute approximate surface area is 180 Å². The van der Waals surface area contributed by atoms with Gasteiger partial charge in [0.05, 0.1) is 13.7 Å². The van der Waals surface area contributed by atoms with Gasteiger partial charge in [-0.25, -0.2) is 0 Å². The summed E-state index contributed by atoms with van der Waals surface area (Å²) in [5.74, 6) is 0.879. The minimum absolute atomic E-state index is 0.0333. The fourth-order valence-electron chi connectivity index (χ4n) is 3.36. The van der Waals surface area contributed by atoms with Gasteiger partial charge in [0, 0.05) is 44.0 Å². The lowest BCUT2D eigenvalue weighted by molar-refractivity contribution is -0.126. The van der Waals surface area contributed by atoms with Gasteiger partial charge in [0.2, 0.25) is 5.91 Å². The van der Waals surface area contributed by atoms with Crippen LogP contribution in [0.4, 0.5) is 14.5 Å². The first-order valence-corrected chi connectivity index (χ1v) is 10.1. The summed E-state index contributed by atoms with van der Waals surface area (Å²) in [6, 6.07) is 12.4. The van der Waals surface area contributed by atoms with Crippen molar-refractivity contribution in [1.82, 2.24) is 4.90 Å². The molecule has 0 unspecified atom stereocenters. The topological polar surface area (TPSA) is 51.2 Å². The summed E-state index contributed by atoms with van der Waals surface area (Å²) in [5, 5.41) is 0. The molecular formula is C23H26F2N2O4. The molecule has 166 valence electrons. The third-order valence-electron chi connectivity index (χ3n) is 4.91. The van der Waals surface area contributed by atoms with Crippen molar-refractivity contribution in [2.24, 2.45) is 0 Å². The van der Waals surface area contributed by atoms with E-state index in [2.05, 4.69) is 9.64 Å². The lowest BCUT2D eigenvalue weighted by Crippen LogP contribution is -2.48. The van der Waals surface area contributed by atoms with Crippen molar-refractivity contribution in [2.75, 3.05) is 44.8 Å². The van der Waals surface area contributed by atoms with Gasteiger partial charge in [0.15, 0.2) is 11.5 Å². The van der Waals surface area contributed by atoms with Gasteiger partial charge in [-0.1, -0.05) is 12.1 Å². The largest absolute Gasteiger partial charge is 0.497 e. The third kappa shape index (κ3) is 6.10. The van der Waals surface area contributed by atoms with Crippen molar-refractivity contribution in [3.05, 3.63) is 54.1 Å². The minimum atomic E-state index is -2.93. The molecule has 2 aromatic carbocycles. The molecule has 1 heterocycles. The van der Waals surface area contributed by atoms with E-state index in [0.717, 1.165) is 24.5 Å². The summed E-state index contributed by atoms with van der Waals surface area (Å²) in [7, 11) is 1.64. The molecule has 6 nitrogen and oxygen atoms in total. The van der Waals surface area contributed by atoms with Crippen LogP contribution in [0.3, 0.4) is 0 Å². The van der Waals surface area contributed by atoms with Gasteiger partial charge in [-0.2, -0.15) is 8.78 Å². The van der Waals surface area contributed by atoms with Gasteiger partial charge in [-0.05, 0) is 42.8 Å². The Hall–Kier alpha value is -3.29. The Morgan fingerprint density at radius 1 is 1.10 bits per heavy atom. The molecule has 1 aliphatic heterocycles. The minimum Gasteiger partial charge on any atom is -0.497 e. The second kappa shape index (κ2) is 10.7. The molecule has 31 heavy (non-hydrogen) atoms. The van der Waals surface area contributed by atoms with Crippen LogP contribution in [0, 0.1) is 0 Å². The van der Waals surface area contributed by atoms with Crippen molar-refractivity contribution >= 4 is 17.7 Å². The van der Waals surface area contributed by atoms with Crippen molar-refractivity contribution in [1.29, 1.82) is 0 Å². The molecule has 0 aliphatic carbocycles. The van der Waals surface area contributed by atoms with E-state index in [0.29, 0.717) is 25.3 Å². The van der Waals surface area contributed by atoms with Crippen LogP contribution in [0.1, 0.15) is 12.5 Å². The Kier molecular flexibility index (Phi) is 7.70. The number of methoxy groups -OCH3 is 1. The Balaban J connectivity index is 1.59. The average Bonchev–Trinajstić information content (AvgIpc) is 2.79. The lowest BCUT2D eigenvalue weighted by Gasteiger charge is -2.35. The Morgan fingerprint density at radius 3 is 2.55 bits per heavy atom. The van der Waals surface area contributed by atoms with Crippen molar-refractivity contribution in [3.8, 4) is 17.2 Å². The van der Waals surface area contributed by atoms with Gasteiger partial charge >= 0.3 is 6.61 Å². The number of amides is 1. The number of benzene rings is 2. The molecule has 0 spiro atoms. The molecule has 1 fully saturated rings. The van der Waals surface area contributed by atoms with Crippen molar-refractivity contribution in [2.45, 2.75) is 13.5 Å². The third-order valence-corrected chi connectivity index (χ3v) is 4.91. The quantitative estimate of drug-likeness (QED) is 0.589. The number of piperazine rings is 1. The predicted molar refractivity (Wildman–Crippen MR) is 115 cm³/mol. The highest BCUT2D eigenvalue weighted by atomic mass is 19.3. The average molecular weight is 432 g/mol. The zero-order chi connectivity index (χ0) is 22.2. The first kappa shape index (κ1) is 22.4. The fraction of sp³-hybridized carbons (Fsp3) is 0.348. The maximum absolute atomic E-state index is 12.6. The second-order valence-electron chi connectivity index (χ2n) is 6.86. The first-order valence-electron chi connectivity index (χ1n) is 10.1. The number of halogens is 2.